The van der Waals surface area contributed by atoms with Crippen molar-refractivity contribution in [2.75, 3.05) is 13.2 Å². The molecule has 1 aromatic rings. The molecule has 3 rings (SSSR count). The topological polar surface area (TPSA) is 46.6 Å². The van der Waals surface area contributed by atoms with E-state index in [-0.39, 0.29) is 6.10 Å². The minimum Gasteiger partial charge on any atom is -0.374 e. The second kappa shape index (κ2) is 6.08. The van der Waals surface area contributed by atoms with Crippen molar-refractivity contribution in [2.45, 2.75) is 31.9 Å². The van der Waals surface area contributed by atoms with Crippen LogP contribution in [0.15, 0.2) is 29.7 Å². The van der Waals surface area contributed by atoms with Crippen LogP contribution in [0.2, 0.25) is 5.02 Å². The van der Waals surface area contributed by atoms with Gasteiger partial charge in [0.05, 0.1) is 6.10 Å². The Labute approximate surface area is 130 Å². The SMILES string of the molecule is O=S(=O)(/C=C/[C@H]1CCCO1)N1CCc2ccc(Cl)cc2C1. The fourth-order valence-corrected chi connectivity index (χ4v) is 4.15. The number of sulfonamides is 1. The van der Waals surface area contributed by atoms with E-state index in [0.29, 0.717) is 24.7 Å². The highest BCUT2D eigenvalue weighted by Gasteiger charge is 2.25. The largest absolute Gasteiger partial charge is 0.374 e. The Hall–Kier alpha value is -0.880. The number of hydrogen-bond donors (Lipinski definition) is 0. The number of rotatable bonds is 3. The molecule has 6 heteroatoms. The third-order valence-corrected chi connectivity index (χ3v) is 5.70. The predicted octanol–water partition coefficient (Wildman–Crippen LogP) is 2.72. The van der Waals surface area contributed by atoms with E-state index < -0.39 is 10.0 Å². The Balaban J connectivity index is 1.74. The summed E-state index contributed by atoms with van der Waals surface area (Å²) >= 11 is 5.99. The van der Waals surface area contributed by atoms with Gasteiger partial charge in [0, 0.05) is 30.1 Å². The van der Waals surface area contributed by atoms with Crippen molar-refractivity contribution in [1.29, 1.82) is 0 Å². The monoisotopic (exact) mass is 327 g/mol. The van der Waals surface area contributed by atoms with Gasteiger partial charge in [-0.05, 0) is 48.6 Å². The highest BCUT2D eigenvalue weighted by molar-refractivity contribution is 7.92. The normalized spacial score (nSPS) is 23.6. The van der Waals surface area contributed by atoms with Crippen LogP contribution in [0.3, 0.4) is 0 Å². The zero-order chi connectivity index (χ0) is 14.9. The van der Waals surface area contributed by atoms with E-state index in [1.54, 1.807) is 6.08 Å². The summed E-state index contributed by atoms with van der Waals surface area (Å²) in [5.41, 5.74) is 2.16. The minimum atomic E-state index is -3.40. The van der Waals surface area contributed by atoms with E-state index in [2.05, 4.69) is 0 Å². The van der Waals surface area contributed by atoms with E-state index in [4.69, 9.17) is 16.3 Å². The Morgan fingerprint density at radius 3 is 2.95 bits per heavy atom. The zero-order valence-electron chi connectivity index (χ0n) is 11.7. The summed E-state index contributed by atoms with van der Waals surface area (Å²) in [6, 6.07) is 5.67. The van der Waals surface area contributed by atoms with Crippen LogP contribution in [-0.4, -0.2) is 32.0 Å². The number of ether oxygens (including phenoxy) is 1. The van der Waals surface area contributed by atoms with Crippen molar-refractivity contribution < 1.29 is 13.2 Å². The molecule has 0 aromatic heterocycles. The standard InChI is InChI=1S/C15H18ClNO3S/c16-14-4-3-12-5-7-17(11-13(12)10-14)21(18,19)9-6-15-2-1-8-20-15/h3-4,6,9-10,15H,1-2,5,7-8,11H2/b9-6+/t15-/m1/s1. The van der Waals surface area contributed by atoms with Crippen molar-refractivity contribution in [3.63, 3.8) is 0 Å². The molecule has 0 amide bonds. The average Bonchev–Trinajstić information content (AvgIpc) is 2.98. The molecule has 2 aliphatic rings. The quantitative estimate of drug-likeness (QED) is 0.857. The van der Waals surface area contributed by atoms with Crippen molar-refractivity contribution in [2.24, 2.45) is 0 Å². The highest BCUT2D eigenvalue weighted by Crippen LogP contribution is 2.25. The van der Waals surface area contributed by atoms with E-state index in [1.807, 2.05) is 18.2 Å². The summed E-state index contributed by atoms with van der Waals surface area (Å²) in [7, 11) is -3.40. The lowest BCUT2D eigenvalue weighted by atomic mass is 10.0. The Morgan fingerprint density at radius 1 is 1.33 bits per heavy atom. The van der Waals surface area contributed by atoms with Crippen molar-refractivity contribution >= 4 is 21.6 Å². The molecule has 2 heterocycles. The molecule has 0 saturated carbocycles. The van der Waals surface area contributed by atoms with E-state index in [9.17, 15) is 8.42 Å². The van der Waals surface area contributed by atoms with Crippen LogP contribution in [0.25, 0.3) is 0 Å². The van der Waals surface area contributed by atoms with Crippen molar-refractivity contribution in [3.05, 3.63) is 45.8 Å². The molecule has 0 bridgehead atoms. The van der Waals surface area contributed by atoms with Gasteiger partial charge in [0.2, 0.25) is 10.0 Å². The molecule has 1 aromatic carbocycles. The summed E-state index contributed by atoms with van der Waals surface area (Å²) < 4.78 is 31.7. The first kappa shape index (κ1) is 15.0. The van der Waals surface area contributed by atoms with Gasteiger partial charge >= 0.3 is 0 Å². The molecule has 1 fully saturated rings. The molecule has 0 aliphatic carbocycles. The molecule has 1 saturated heterocycles. The second-order valence-corrected chi connectivity index (χ2v) is 7.68. The lowest BCUT2D eigenvalue weighted by Crippen LogP contribution is -2.34. The van der Waals surface area contributed by atoms with Crippen LogP contribution in [0.1, 0.15) is 24.0 Å². The first-order chi connectivity index (χ1) is 10.0. The number of halogens is 1. The molecule has 21 heavy (non-hydrogen) atoms. The smallest absolute Gasteiger partial charge is 0.236 e. The van der Waals surface area contributed by atoms with E-state index in [1.165, 1.54) is 15.3 Å². The first-order valence-corrected chi connectivity index (χ1v) is 9.00. The molecule has 0 N–H and O–H groups in total. The van der Waals surface area contributed by atoms with E-state index in [0.717, 1.165) is 24.8 Å². The van der Waals surface area contributed by atoms with Crippen LogP contribution >= 0.6 is 11.6 Å². The highest BCUT2D eigenvalue weighted by atomic mass is 35.5. The molecule has 1 atom stereocenters. The van der Waals surface area contributed by atoms with Gasteiger partial charge in [-0.3, -0.25) is 0 Å². The second-order valence-electron chi connectivity index (χ2n) is 5.42. The van der Waals surface area contributed by atoms with Crippen molar-refractivity contribution in [3.8, 4) is 0 Å². The van der Waals surface area contributed by atoms with Gasteiger partial charge in [0.1, 0.15) is 0 Å². The predicted molar refractivity (Wildman–Crippen MR) is 82.6 cm³/mol. The third kappa shape index (κ3) is 3.48. The molecule has 0 radical (unpaired) electrons. The van der Waals surface area contributed by atoms with Gasteiger partial charge < -0.3 is 4.74 Å². The molecule has 114 valence electrons. The van der Waals surface area contributed by atoms with E-state index >= 15 is 0 Å². The summed E-state index contributed by atoms with van der Waals surface area (Å²) in [5.74, 6) is 0. The van der Waals surface area contributed by atoms with Crippen LogP contribution < -0.4 is 0 Å². The van der Waals surface area contributed by atoms with Crippen LogP contribution in [0, 0.1) is 0 Å². The molecule has 2 aliphatic heterocycles. The summed E-state index contributed by atoms with van der Waals surface area (Å²) in [4.78, 5) is 0. The first-order valence-electron chi connectivity index (χ1n) is 7.12. The number of benzene rings is 1. The maximum absolute atomic E-state index is 12.4. The Bertz CT molecular complexity index is 651. The summed E-state index contributed by atoms with van der Waals surface area (Å²) in [6.45, 7) is 1.60. The van der Waals surface area contributed by atoms with Gasteiger partial charge in [-0.25, -0.2) is 8.42 Å². The number of nitrogens with zero attached hydrogens (tertiary/aromatic N) is 1. The van der Waals surface area contributed by atoms with Gasteiger partial charge in [0.25, 0.3) is 0 Å². The maximum Gasteiger partial charge on any atom is 0.236 e. The Kier molecular flexibility index (Phi) is 4.36. The summed E-state index contributed by atoms with van der Waals surface area (Å²) in [6.07, 6.45) is 4.20. The van der Waals surface area contributed by atoms with Crippen LogP contribution in [-0.2, 0) is 27.7 Å². The van der Waals surface area contributed by atoms with Gasteiger partial charge in [-0.15, -0.1) is 0 Å². The zero-order valence-corrected chi connectivity index (χ0v) is 13.2. The van der Waals surface area contributed by atoms with Crippen molar-refractivity contribution in [1.82, 2.24) is 4.31 Å². The molecule has 4 nitrogen and oxygen atoms in total. The molecule has 0 spiro atoms. The van der Waals surface area contributed by atoms with Gasteiger partial charge in [0.15, 0.2) is 0 Å². The van der Waals surface area contributed by atoms with Crippen LogP contribution in [0.5, 0.6) is 0 Å². The fraction of sp³-hybridized carbons (Fsp3) is 0.467. The van der Waals surface area contributed by atoms with Crippen LogP contribution in [0.4, 0.5) is 0 Å². The molecular weight excluding hydrogens is 310 g/mol. The summed E-state index contributed by atoms with van der Waals surface area (Å²) in [5, 5.41) is 1.93. The fourth-order valence-electron chi connectivity index (χ4n) is 2.74. The number of fused-ring (bicyclic) bond motifs is 1. The molecular formula is C15H18ClNO3S. The number of hydrogen-bond acceptors (Lipinski definition) is 3. The lowest BCUT2D eigenvalue weighted by Gasteiger charge is -2.27. The lowest BCUT2D eigenvalue weighted by molar-refractivity contribution is 0.145. The minimum absolute atomic E-state index is 0.0636. The average molecular weight is 328 g/mol. The third-order valence-electron chi connectivity index (χ3n) is 3.94. The Morgan fingerprint density at radius 2 is 2.19 bits per heavy atom. The molecule has 0 unspecified atom stereocenters. The maximum atomic E-state index is 12.4. The van der Waals surface area contributed by atoms with Gasteiger partial charge in [-0.2, -0.15) is 4.31 Å². The van der Waals surface area contributed by atoms with Gasteiger partial charge in [-0.1, -0.05) is 17.7 Å².